The minimum absolute atomic E-state index is 0.653. The van der Waals surface area contributed by atoms with Crippen LogP contribution < -0.4 is 11.0 Å². The summed E-state index contributed by atoms with van der Waals surface area (Å²) < 4.78 is 24.3. The Bertz CT molecular complexity index is 3770. The lowest BCUT2D eigenvalue weighted by Gasteiger charge is -2.47. The van der Waals surface area contributed by atoms with E-state index in [2.05, 4.69) is 171 Å². The predicted molar refractivity (Wildman–Crippen MR) is 383 cm³/mol. The molecule has 8 aromatic rings. The van der Waals surface area contributed by atoms with Crippen molar-refractivity contribution in [3.05, 3.63) is 155 Å². The highest BCUT2D eigenvalue weighted by atomic mass is 28.5. The van der Waals surface area contributed by atoms with Gasteiger partial charge in [-0.3, -0.25) is 8.47 Å². The Hall–Kier alpha value is -6.23. The Kier molecular flexibility index (Phi) is 20.5. The second-order valence-corrected chi connectivity index (χ2v) is 37.9. The highest BCUT2D eigenvalue weighted by Crippen LogP contribution is 2.48. The van der Waals surface area contributed by atoms with E-state index >= 15 is 0 Å². The lowest BCUT2D eigenvalue weighted by atomic mass is 10.0. The molecule has 0 radical (unpaired) electrons. The van der Waals surface area contributed by atoms with Crippen molar-refractivity contribution in [3.8, 4) is 0 Å². The van der Waals surface area contributed by atoms with Crippen LogP contribution in [-0.4, -0.2) is 57.3 Å². The molecule has 0 spiro atoms. The van der Waals surface area contributed by atoms with E-state index in [-0.39, 0.29) is 0 Å². The summed E-state index contributed by atoms with van der Waals surface area (Å²) in [5.74, 6) is 4.19. The monoisotopic (exact) mass is 1240 g/mol. The van der Waals surface area contributed by atoms with E-state index in [1.165, 1.54) is 116 Å². The zero-order chi connectivity index (χ0) is 61.2. The fraction of sp³-hybridized carbons (Fsp3) is 0.474. The summed E-state index contributed by atoms with van der Waals surface area (Å²) in [4.78, 5) is 35.9. The summed E-state index contributed by atoms with van der Waals surface area (Å²) in [7, 11) is -10.5. The number of nitrogens with zero attached hydrogens (tertiary/aromatic N) is 8. The fourth-order valence-electron chi connectivity index (χ4n) is 15.0. The van der Waals surface area contributed by atoms with Gasteiger partial charge >= 0.3 is 8.88 Å². The van der Waals surface area contributed by atoms with Crippen LogP contribution in [0.25, 0.3) is 43.1 Å². The van der Waals surface area contributed by atoms with Gasteiger partial charge in [-0.2, -0.15) is 0 Å². The molecule has 6 bridgehead atoms. The topological polar surface area (TPSA) is 102 Å². The summed E-state index contributed by atoms with van der Waals surface area (Å²) >= 11 is 0. The Labute approximate surface area is 533 Å². The van der Waals surface area contributed by atoms with Crippen LogP contribution in [0.3, 0.4) is 0 Å². The minimum atomic E-state index is -4.54. The number of benzene rings is 6. The van der Waals surface area contributed by atoms with Crippen molar-refractivity contribution in [3.63, 3.8) is 0 Å². The van der Waals surface area contributed by atoms with Crippen molar-refractivity contribution < 1.29 is 8.23 Å². The average Bonchev–Trinajstić information content (AvgIpc) is 1.56. The quantitative estimate of drug-likeness (QED) is 0.0296. The molecule has 12 rings (SSSR count). The third kappa shape index (κ3) is 13.0. The van der Waals surface area contributed by atoms with Gasteiger partial charge in [0.2, 0.25) is 0 Å². The van der Waals surface area contributed by atoms with Crippen LogP contribution >= 0.6 is 0 Å². The summed E-state index contributed by atoms with van der Waals surface area (Å²) in [5, 5.41) is 8.60. The highest BCUT2D eigenvalue weighted by Gasteiger charge is 2.60. The Morgan fingerprint density at radius 3 is 0.865 bits per heavy atom. The molecule has 0 aliphatic carbocycles. The van der Waals surface area contributed by atoms with E-state index in [9.17, 15) is 8.23 Å². The largest absolute Gasteiger partial charge is 0.582 e. The van der Waals surface area contributed by atoms with Gasteiger partial charge in [-0.25, -0.2) is 30.0 Å². The first-order valence-electron chi connectivity index (χ1n) is 35.3. The van der Waals surface area contributed by atoms with Crippen LogP contribution in [0.4, 0.5) is 11.6 Å². The van der Waals surface area contributed by atoms with Gasteiger partial charge in [0.1, 0.15) is 22.6 Å². The molecule has 4 aliphatic rings. The number of hydrogen-bond donors (Lipinski definition) is 0. The van der Waals surface area contributed by atoms with Gasteiger partial charge < -0.3 is 8.23 Å². The number of hydrogen-bond acceptors (Lipinski definition) is 8. The lowest BCUT2D eigenvalue weighted by molar-refractivity contribution is 0.317. The molecule has 13 heteroatoms. The molecule has 89 heavy (non-hydrogen) atoms. The lowest BCUT2D eigenvalue weighted by Crippen LogP contribution is -2.71. The SMILES string of the molecule is CCCCCC[Si](CCCCCC)(CCCCCC)O[Si]1(O[Si](CCCCCC)(CCCCCC)CCCCCC)n2c3c4ccccc4c2N=C2N=C(N=c4c5ccccc5c(n41)=NC1=NC(=N3)c3cc4ccccc4cc31)c1cc3ccccc3cc12. The molecule has 10 nitrogen and oxygen atoms in total. The maximum absolute atomic E-state index is 9.58. The number of fused-ring (bicyclic) bond motifs is 16. The van der Waals surface area contributed by atoms with Gasteiger partial charge in [0.05, 0.1) is 0 Å². The van der Waals surface area contributed by atoms with E-state index < -0.39 is 25.5 Å². The molecule has 0 fully saturated rings. The standard InChI is InChI=1S/C76H98N8O2Si3/c1-7-13-19-33-47-87(48-34-20-14-8-2,49-35-21-15-9-3)85-89(86-88(50-36-22-16-10-4,51-37-23-17-11-5)52-38-24-18-12-6)83-73-61-43-29-30-44-62(61)75(83)81-71-67-55-59-41-27-28-42-60(59)56-68(67)72(78-71)82-76-64-46-32-31-45-63(64)74(84(76)89)80-70-66-54-58-40-26-25-39-57(58)53-65(66)69(77-70)79-73/h25-32,39-46,53-56H,7-24,33-38,47-52H2,1-6H3. The third-order valence-corrected chi connectivity index (χ3v) is 35.0. The number of aromatic nitrogens is 2. The maximum atomic E-state index is 9.58. The minimum Gasteiger partial charge on any atom is -0.404 e. The summed E-state index contributed by atoms with van der Waals surface area (Å²) in [5.41, 5.74) is 5.48. The Morgan fingerprint density at radius 2 is 0.573 bits per heavy atom. The van der Waals surface area contributed by atoms with Crippen molar-refractivity contribution in [2.45, 2.75) is 232 Å². The molecule has 0 saturated heterocycles. The van der Waals surface area contributed by atoms with Gasteiger partial charge in [-0.05, 0) is 82.1 Å². The van der Waals surface area contributed by atoms with Crippen molar-refractivity contribution >= 4 is 104 Å². The number of aliphatic imine (C=N–C) groups is 4. The van der Waals surface area contributed by atoms with E-state index in [4.69, 9.17) is 30.0 Å². The molecule has 6 heterocycles. The first kappa shape index (κ1) is 62.9. The predicted octanol–water partition coefficient (Wildman–Crippen LogP) is 21.1. The van der Waals surface area contributed by atoms with Crippen LogP contribution in [0.2, 0.25) is 36.3 Å². The summed E-state index contributed by atoms with van der Waals surface area (Å²) in [6, 6.07) is 50.9. The maximum Gasteiger partial charge on any atom is 0.582 e. The van der Waals surface area contributed by atoms with Gasteiger partial charge in [0.15, 0.2) is 40.0 Å². The molecule has 0 unspecified atom stereocenters. The smallest absolute Gasteiger partial charge is 0.404 e. The molecule has 466 valence electrons. The molecule has 4 aliphatic heterocycles. The van der Waals surface area contributed by atoms with Gasteiger partial charge in [0, 0.05) is 43.8 Å². The highest BCUT2D eigenvalue weighted by molar-refractivity contribution is 6.89. The van der Waals surface area contributed by atoms with Crippen molar-refractivity contribution in [1.82, 2.24) is 8.47 Å². The van der Waals surface area contributed by atoms with Crippen LogP contribution in [0, 0.1) is 0 Å². The first-order valence-corrected chi connectivity index (χ1v) is 42.1. The summed E-state index contributed by atoms with van der Waals surface area (Å²) in [6.07, 6.45) is 28.4. The van der Waals surface area contributed by atoms with E-state index in [0.29, 0.717) is 23.3 Å². The van der Waals surface area contributed by atoms with Crippen LogP contribution in [0.5, 0.6) is 0 Å². The van der Waals surface area contributed by atoms with Gasteiger partial charge in [-0.1, -0.05) is 293 Å². The number of unbranched alkanes of at least 4 members (excludes halogenated alkanes) is 18. The first-order chi connectivity index (χ1) is 43.8. The molecule has 2 aromatic heterocycles. The zero-order valence-electron chi connectivity index (χ0n) is 54.7. The van der Waals surface area contributed by atoms with E-state index in [1.807, 2.05) is 0 Å². The zero-order valence-corrected chi connectivity index (χ0v) is 57.7. The van der Waals surface area contributed by atoms with Gasteiger partial charge in [0.25, 0.3) is 0 Å². The van der Waals surface area contributed by atoms with Crippen LogP contribution in [0.1, 0.15) is 218 Å². The molecular formula is C76H98N8O2Si3. The molecule has 0 atom stereocenters. The second kappa shape index (κ2) is 28.9. The molecule has 0 amide bonds. The third-order valence-electron chi connectivity index (χ3n) is 19.9. The van der Waals surface area contributed by atoms with Crippen LogP contribution in [-0.2, 0) is 8.23 Å². The molecular weight excluding hydrogens is 1140 g/mol. The Morgan fingerprint density at radius 1 is 0.303 bits per heavy atom. The second-order valence-electron chi connectivity index (χ2n) is 26.5. The fourth-order valence-corrected chi connectivity index (χ4v) is 32.8. The van der Waals surface area contributed by atoms with E-state index in [0.717, 1.165) is 163 Å². The van der Waals surface area contributed by atoms with Gasteiger partial charge in [-0.15, -0.1) is 0 Å². The van der Waals surface area contributed by atoms with E-state index in [1.54, 1.807) is 0 Å². The number of amidine groups is 4. The summed E-state index contributed by atoms with van der Waals surface area (Å²) in [6.45, 7) is 14.1. The van der Waals surface area contributed by atoms with Crippen molar-refractivity contribution in [2.24, 2.45) is 30.0 Å². The molecule has 6 aromatic carbocycles. The molecule has 0 N–H and O–H groups in total. The number of rotatable bonds is 34. The average molecular weight is 1240 g/mol. The molecule has 0 saturated carbocycles. The van der Waals surface area contributed by atoms with Crippen molar-refractivity contribution in [2.75, 3.05) is 0 Å². The van der Waals surface area contributed by atoms with Crippen molar-refractivity contribution in [1.29, 1.82) is 0 Å². The van der Waals surface area contributed by atoms with Crippen LogP contribution in [0.15, 0.2) is 151 Å². The Balaban J connectivity index is 1.30. The normalized spacial score (nSPS) is 14.8.